The zero-order valence-electron chi connectivity index (χ0n) is 4.71. The number of rotatable bonds is 1. The lowest BCUT2D eigenvalue weighted by atomic mass is 11.0. The van der Waals surface area contributed by atoms with Gasteiger partial charge in [0.2, 0.25) is 0 Å². The van der Waals surface area contributed by atoms with Gasteiger partial charge in [0.15, 0.2) is 0 Å². The standard InChI is InChI=1S/C2H2N8/c3-1-5-7-2(8-6-1)9-10-4/h(H2,3,5,6). The Morgan fingerprint density at radius 1 is 1.30 bits per heavy atom. The first-order valence-electron chi connectivity index (χ1n) is 2.21. The topological polar surface area (TPSA) is 126 Å². The highest BCUT2D eigenvalue weighted by Gasteiger charge is 1.91. The molecule has 0 atom stereocenters. The number of aromatic nitrogens is 4. The van der Waals surface area contributed by atoms with E-state index in [0.717, 1.165) is 0 Å². The summed E-state index contributed by atoms with van der Waals surface area (Å²) in [6.45, 7) is 0. The first-order valence-corrected chi connectivity index (χ1v) is 2.21. The Bertz CT molecular complexity index is 255. The molecule has 0 aliphatic heterocycles. The Morgan fingerprint density at radius 2 is 1.90 bits per heavy atom. The van der Waals surface area contributed by atoms with Gasteiger partial charge in [-0.2, -0.15) is 0 Å². The second-order valence-electron chi connectivity index (χ2n) is 1.25. The molecule has 10 heavy (non-hydrogen) atoms. The van der Waals surface area contributed by atoms with Crippen molar-refractivity contribution in [3.63, 3.8) is 0 Å². The van der Waals surface area contributed by atoms with Crippen molar-refractivity contribution < 1.29 is 0 Å². The highest BCUT2D eigenvalue weighted by molar-refractivity contribution is 5.13. The van der Waals surface area contributed by atoms with E-state index in [1.54, 1.807) is 0 Å². The first-order chi connectivity index (χ1) is 4.83. The first kappa shape index (κ1) is 6.17. The fourth-order valence-electron chi connectivity index (χ4n) is 0.312. The zero-order chi connectivity index (χ0) is 7.40. The zero-order valence-corrected chi connectivity index (χ0v) is 4.71. The second-order valence-corrected chi connectivity index (χ2v) is 1.25. The summed E-state index contributed by atoms with van der Waals surface area (Å²) in [7, 11) is 0. The van der Waals surface area contributed by atoms with Gasteiger partial charge in [0.25, 0.3) is 11.9 Å². The maximum atomic E-state index is 7.88. The average molecular weight is 138 g/mol. The summed E-state index contributed by atoms with van der Waals surface area (Å²) < 4.78 is 0. The molecule has 1 heterocycles. The minimum absolute atomic E-state index is 0.0584. The van der Waals surface area contributed by atoms with Gasteiger partial charge in [-0.15, -0.1) is 20.4 Å². The van der Waals surface area contributed by atoms with Crippen LogP contribution in [0.5, 0.6) is 0 Å². The van der Waals surface area contributed by atoms with E-state index in [2.05, 4.69) is 30.4 Å². The monoisotopic (exact) mass is 138 g/mol. The maximum absolute atomic E-state index is 7.88. The van der Waals surface area contributed by atoms with Crippen molar-refractivity contribution in [1.82, 2.24) is 20.4 Å². The van der Waals surface area contributed by atoms with Crippen molar-refractivity contribution in [1.29, 1.82) is 0 Å². The summed E-state index contributed by atoms with van der Waals surface area (Å²) in [5.74, 6) is -0.200. The van der Waals surface area contributed by atoms with E-state index in [-0.39, 0.29) is 11.9 Å². The van der Waals surface area contributed by atoms with Crippen LogP contribution in [0.15, 0.2) is 5.11 Å². The van der Waals surface area contributed by atoms with Crippen molar-refractivity contribution in [2.45, 2.75) is 0 Å². The summed E-state index contributed by atoms with van der Waals surface area (Å²) in [4.78, 5) is 2.41. The molecule has 50 valence electrons. The molecule has 0 saturated heterocycles. The van der Waals surface area contributed by atoms with Crippen molar-refractivity contribution in [3.05, 3.63) is 10.4 Å². The molecule has 1 aromatic heterocycles. The molecule has 0 amide bonds. The Kier molecular flexibility index (Phi) is 1.58. The normalized spacial score (nSPS) is 8.40. The van der Waals surface area contributed by atoms with E-state index < -0.39 is 0 Å². The van der Waals surface area contributed by atoms with Crippen molar-refractivity contribution in [2.24, 2.45) is 5.11 Å². The van der Waals surface area contributed by atoms with Gasteiger partial charge in [0.1, 0.15) is 0 Å². The summed E-state index contributed by atoms with van der Waals surface area (Å²) in [5, 5.41) is 16.2. The SMILES string of the molecule is [N-]=[N+]=Nc1nnc(N)nn1. The van der Waals surface area contributed by atoms with Crippen LogP contribution in [-0.4, -0.2) is 20.4 Å². The molecule has 0 aromatic carbocycles. The number of nitrogen functional groups attached to an aromatic ring is 1. The molecule has 0 spiro atoms. The van der Waals surface area contributed by atoms with E-state index in [1.807, 2.05) is 0 Å². The molecule has 0 saturated carbocycles. The molecule has 1 rings (SSSR count). The number of anilines is 1. The summed E-state index contributed by atoms with van der Waals surface area (Å²) >= 11 is 0. The molecule has 0 bridgehead atoms. The van der Waals surface area contributed by atoms with E-state index in [1.165, 1.54) is 0 Å². The quantitative estimate of drug-likeness (QED) is 0.326. The third-order valence-electron chi connectivity index (χ3n) is 0.618. The minimum Gasteiger partial charge on any atom is -0.365 e. The van der Waals surface area contributed by atoms with Crippen molar-refractivity contribution in [3.8, 4) is 0 Å². The van der Waals surface area contributed by atoms with Crippen molar-refractivity contribution in [2.75, 3.05) is 5.73 Å². The van der Waals surface area contributed by atoms with E-state index in [9.17, 15) is 0 Å². The highest BCUT2D eigenvalue weighted by Crippen LogP contribution is 1.96. The Morgan fingerprint density at radius 3 is 2.40 bits per heavy atom. The number of hydrogen-bond donors (Lipinski definition) is 1. The van der Waals surface area contributed by atoms with Crippen molar-refractivity contribution >= 4 is 11.9 Å². The fraction of sp³-hybridized carbons (Fsp3) is 0. The molecule has 2 N–H and O–H groups in total. The predicted octanol–water partition coefficient (Wildman–Crippen LogP) is -0.209. The lowest BCUT2D eigenvalue weighted by Crippen LogP contribution is -1.98. The van der Waals surface area contributed by atoms with Crippen LogP contribution in [-0.2, 0) is 0 Å². The Balaban J connectivity index is 3.00. The van der Waals surface area contributed by atoms with Crippen LogP contribution < -0.4 is 5.73 Å². The molecule has 0 fully saturated rings. The second kappa shape index (κ2) is 2.55. The van der Waals surface area contributed by atoms with Crippen LogP contribution in [0.2, 0.25) is 0 Å². The summed E-state index contributed by atoms with van der Waals surface area (Å²) in [6, 6.07) is 0. The van der Waals surface area contributed by atoms with Gasteiger partial charge in [-0.25, -0.2) is 0 Å². The average Bonchev–Trinajstić information content (AvgIpc) is 1.95. The lowest BCUT2D eigenvalue weighted by Gasteiger charge is -1.85. The van der Waals surface area contributed by atoms with Gasteiger partial charge in [-0.3, -0.25) is 0 Å². The van der Waals surface area contributed by atoms with Crippen LogP contribution in [0.4, 0.5) is 11.9 Å². The summed E-state index contributed by atoms with van der Waals surface area (Å²) in [6.07, 6.45) is 0. The molecule has 0 aliphatic carbocycles. The smallest absolute Gasteiger partial charge is 0.259 e. The van der Waals surface area contributed by atoms with Gasteiger partial charge in [-0.1, -0.05) is 0 Å². The molecular weight excluding hydrogens is 136 g/mol. The van der Waals surface area contributed by atoms with Crippen LogP contribution in [0.3, 0.4) is 0 Å². The van der Waals surface area contributed by atoms with E-state index in [4.69, 9.17) is 11.3 Å². The fourth-order valence-corrected chi connectivity index (χ4v) is 0.312. The molecule has 8 nitrogen and oxygen atoms in total. The number of azide groups is 1. The third kappa shape index (κ3) is 1.26. The van der Waals surface area contributed by atoms with Crippen LogP contribution in [0.25, 0.3) is 10.4 Å². The minimum atomic E-state index is -0.142. The third-order valence-corrected chi connectivity index (χ3v) is 0.618. The van der Waals surface area contributed by atoms with Crippen LogP contribution in [0, 0.1) is 0 Å². The maximum Gasteiger partial charge on any atom is 0.259 e. The van der Waals surface area contributed by atoms with Gasteiger partial charge in [0.05, 0.1) is 0 Å². The number of nitrogens with two attached hydrogens (primary N) is 1. The molecule has 8 heteroatoms. The number of hydrogen-bond acceptors (Lipinski definition) is 6. The van der Waals surface area contributed by atoms with Gasteiger partial charge in [-0.05, 0) is 10.6 Å². The highest BCUT2D eigenvalue weighted by atomic mass is 15.4. The van der Waals surface area contributed by atoms with Gasteiger partial charge >= 0.3 is 0 Å². The van der Waals surface area contributed by atoms with E-state index in [0.29, 0.717) is 0 Å². The van der Waals surface area contributed by atoms with E-state index >= 15 is 0 Å². The Hall–Kier alpha value is -1.95. The van der Waals surface area contributed by atoms with Gasteiger partial charge < -0.3 is 5.73 Å². The lowest BCUT2D eigenvalue weighted by molar-refractivity contribution is 0.867. The Labute approximate surface area is 54.7 Å². The molecule has 0 aliphatic rings. The van der Waals surface area contributed by atoms with Crippen LogP contribution in [0.1, 0.15) is 0 Å². The predicted molar refractivity (Wildman–Crippen MR) is 30.8 cm³/mol. The molecule has 0 radical (unpaired) electrons. The van der Waals surface area contributed by atoms with Gasteiger partial charge in [0, 0.05) is 4.91 Å². The molecule has 0 unspecified atom stereocenters. The molecule has 1 aromatic rings. The number of nitrogens with zero attached hydrogens (tertiary/aromatic N) is 7. The summed E-state index contributed by atoms with van der Waals surface area (Å²) in [5.41, 5.74) is 12.9. The van der Waals surface area contributed by atoms with Crippen LogP contribution >= 0.6 is 0 Å². The molecular formula is C2H2N8. The largest absolute Gasteiger partial charge is 0.365 e.